The molecule has 0 bridgehead atoms. The van der Waals surface area contributed by atoms with Gasteiger partial charge in [-0.25, -0.2) is 9.67 Å². The average molecular weight is 419 g/mol. The van der Waals surface area contributed by atoms with E-state index in [4.69, 9.17) is 16.3 Å². The molecule has 0 unspecified atom stereocenters. The molecule has 4 aromatic rings. The molecular formula is C23H19ClN4O2. The van der Waals surface area contributed by atoms with Crippen molar-refractivity contribution in [2.75, 3.05) is 12.0 Å². The first-order valence-electron chi connectivity index (χ1n) is 9.57. The summed E-state index contributed by atoms with van der Waals surface area (Å²) in [4.78, 5) is 18.6. The van der Waals surface area contributed by atoms with E-state index in [1.807, 2.05) is 24.3 Å². The average Bonchev–Trinajstić information content (AvgIpc) is 3.31. The molecular weight excluding hydrogens is 400 g/mol. The van der Waals surface area contributed by atoms with Crippen LogP contribution >= 0.6 is 11.6 Å². The molecule has 1 aromatic heterocycles. The van der Waals surface area contributed by atoms with Crippen molar-refractivity contribution in [1.29, 1.82) is 0 Å². The molecule has 0 spiro atoms. The Morgan fingerprint density at radius 2 is 1.83 bits per heavy atom. The fourth-order valence-electron chi connectivity index (χ4n) is 3.97. The van der Waals surface area contributed by atoms with Gasteiger partial charge in [0.1, 0.15) is 23.8 Å². The van der Waals surface area contributed by atoms with Crippen molar-refractivity contribution in [2.24, 2.45) is 0 Å². The molecule has 6 nitrogen and oxygen atoms in total. The number of halogens is 1. The Balaban J connectivity index is 1.67. The van der Waals surface area contributed by atoms with Gasteiger partial charge in [0.15, 0.2) is 0 Å². The van der Waals surface area contributed by atoms with Crippen molar-refractivity contribution >= 4 is 34.0 Å². The Morgan fingerprint density at radius 1 is 1.03 bits per heavy atom. The summed E-state index contributed by atoms with van der Waals surface area (Å²) in [5, 5.41) is 5.84. The second kappa shape index (κ2) is 7.15. The van der Waals surface area contributed by atoms with E-state index < -0.39 is 5.38 Å². The summed E-state index contributed by atoms with van der Waals surface area (Å²) in [6.07, 6.45) is 3.15. The minimum Gasteiger partial charge on any atom is -0.497 e. The van der Waals surface area contributed by atoms with Crippen molar-refractivity contribution in [3.05, 3.63) is 78.4 Å². The smallest absolute Gasteiger partial charge is 0.248 e. The van der Waals surface area contributed by atoms with Crippen molar-refractivity contribution < 1.29 is 9.53 Å². The molecule has 2 atom stereocenters. The van der Waals surface area contributed by atoms with Crippen LogP contribution < -0.4 is 9.64 Å². The van der Waals surface area contributed by atoms with Crippen molar-refractivity contribution in [2.45, 2.75) is 18.3 Å². The molecule has 0 aliphatic carbocycles. The minimum absolute atomic E-state index is 0.124. The maximum absolute atomic E-state index is 12.7. The molecule has 0 saturated carbocycles. The van der Waals surface area contributed by atoms with E-state index in [2.05, 4.69) is 47.3 Å². The van der Waals surface area contributed by atoms with E-state index in [-0.39, 0.29) is 11.9 Å². The van der Waals surface area contributed by atoms with E-state index in [1.165, 1.54) is 11.9 Å². The standard InChI is InChI=1S/C23H19ClN4O2/c1-14-3-4-15-11-20(27-13-25-12-26-27)19(10-16(15)9-14)22-21(24)23(29)28(22)17-5-7-18(30-2)8-6-17/h3-13,21-22H,1-2H3/t21-,22-/m1/s1. The lowest BCUT2D eigenvalue weighted by atomic mass is 9.89. The van der Waals surface area contributed by atoms with Crippen LogP contribution in [0.2, 0.25) is 0 Å². The molecule has 1 aliphatic heterocycles. The third kappa shape index (κ3) is 2.92. The number of alkyl halides is 1. The molecule has 7 heteroatoms. The zero-order valence-electron chi connectivity index (χ0n) is 16.5. The molecule has 30 heavy (non-hydrogen) atoms. The number of fused-ring (bicyclic) bond motifs is 1. The fraction of sp³-hybridized carbons (Fsp3) is 0.174. The predicted octanol–water partition coefficient (Wildman–Crippen LogP) is 4.43. The van der Waals surface area contributed by atoms with Crippen molar-refractivity contribution in [3.63, 3.8) is 0 Å². The number of aryl methyl sites for hydroxylation is 1. The SMILES string of the molecule is COc1ccc(N2C(=O)[C@H](Cl)[C@H]2c2cc3cc(C)ccc3cc2-n2cncn2)cc1. The second-order valence-electron chi connectivity index (χ2n) is 7.35. The van der Waals surface area contributed by atoms with E-state index in [0.29, 0.717) is 0 Å². The number of β-lactam (4-membered cyclic amide) rings is 1. The van der Waals surface area contributed by atoms with Gasteiger partial charge < -0.3 is 9.64 Å². The van der Waals surface area contributed by atoms with Gasteiger partial charge in [0, 0.05) is 11.3 Å². The molecule has 1 aliphatic rings. The normalized spacial score (nSPS) is 18.5. The number of aromatic nitrogens is 3. The number of rotatable bonds is 4. The molecule has 1 saturated heterocycles. The lowest BCUT2D eigenvalue weighted by Crippen LogP contribution is -2.56. The number of ether oxygens (including phenoxy) is 1. The lowest BCUT2D eigenvalue weighted by Gasteiger charge is -2.45. The van der Waals surface area contributed by atoms with Gasteiger partial charge in [0.05, 0.1) is 18.8 Å². The highest BCUT2D eigenvalue weighted by Gasteiger charge is 2.49. The number of carbonyl (C=O) groups is 1. The molecule has 2 heterocycles. The summed E-state index contributed by atoms with van der Waals surface area (Å²) in [5.41, 5.74) is 3.72. The summed E-state index contributed by atoms with van der Waals surface area (Å²) in [5.74, 6) is 0.607. The number of methoxy groups -OCH3 is 1. The monoisotopic (exact) mass is 418 g/mol. The zero-order chi connectivity index (χ0) is 20.8. The van der Waals surface area contributed by atoms with Gasteiger partial charge in [0.2, 0.25) is 5.91 Å². The molecule has 3 aromatic carbocycles. The van der Waals surface area contributed by atoms with Crippen LogP contribution in [0.25, 0.3) is 16.5 Å². The Hall–Kier alpha value is -3.38. The molecule has 0 N–H and O–H groups in total. The highest BCUT2D eigenvalue weighted by molar-refractivity contribution is 6.37. The first kappa shape index (κ1) is 18.6. The predicted molar refractivity (Wildman–Crippen MR) is 116 cm³/mol. The lowest BCUT2D eigenvalue weighted by molar-refractivity contribution is -0.123. The van der Waals surface area contributed by atoms with E-state index in [9.17, 15) is 4.79 Å². The van der Waals surface area contributed by atoms with Gasteiger partial charge in [-0.1, -0.05) is 23.8 Å². The van der Waals surface area contributed by atoms with Crippen LogP contribution in [0.4, 0.5) is 5.69 Å². The quantitative estimate of drug-likeness (QED) is 0.363. The highest BCUT2D eigenvalue weighted by Crippen LogP contribution is 2.45. The fourth-order valence-corrected chi connectivity index (χ4v) is 4.33. The van der Waals surface area contributed by atoms with Crippen LogP contribution in [-0.2, 0) is 4.79 Å². The Morgan fingerprint density at radius 3 is 2.53 bits per heavy atom. The highest BCUT2D eigenvalue weighted by atomic mass is 35.5. The van der Waals surface area contributed by atoms with Gasteiger partial charge in [-0.05, 0) is 54.1 Å². The number of hydrogen-bond acceptors (Lipinski definition) is 4. The van der Waals surface area contributed by atoms with Crippen LogP contribution in [0.15, 0.2) is 67.3 Å². The van der Waals surface area contributed by atoms with Crippen LogP contribution in [-0.4, -0.2) is 33.2 Å². The minimum atomic E-state index is -0.656. The summed E-state index contributed by atoms with van der Waals surface area (Å²) in [6.45, 7) is 2.06. The van der Waals surface area contributed by atoms with Crippen LogP contribution in [0.3, 0.4) is 0 Å². The first-order chi connectivity index (χ1) is 14.6. The summed E-state index contributed by atoms with van der Waals surface area (Å²) >= 11 is 6.56. The molecule has 1 fully saturated rings. The first-order valence-corrected chi connectivity index (χ1v) is 10.0. The van der Waals surface area contributed by atoms with Crippen molar-refractivity contribution in [1.82, 2.24) is 14.8 Å². The summed E-state index contributed by atoms with van der Waals surface area (Å²) < 4.78 is 6.95. The van der Waals surface area contributed by atoms with Gasteiger partial charge in [-0.15, -0.1) is 11.6 Å². The third-order valence-electron chi connectivity index (χ3n) is 5.50. The maximum atomic E-state index is 12.7. The Bertz CT molecular complexity index is 1240. The number of hydrogen-bond donors (Lipinski definition) is 0. The Kier molecular flexibility index (Phi) is 4.44. The molecule has 1 amide bonds. The number of anilines is 1. The van der Waals surface area contributed by atoms with E-state index in [1.54, 1.807) is 23.0 Å². The van der Waals surface area contributed by atoms with Gasteiger partial charge in [-0.2, -0.15) is 5.10 Å². The number of carbonyl (C=O) groups excluding carboxylic acids is 1. The van der Waals surface area contributed by atoms with E-state index in [0.717, 1.165) is 33.5 Å². The topological polar surface area (TPSA) is 60.2 Å². The van der Waals surface area contributed by atoms with Gasteiger partial charge in [-0.3, -0.25) is 4.79 Å². The molecule has 0 radical (unpaired) electrons. The number of nitrogens with zero attached hydrogens (tertiary/aromatic N) is 4. The zero-order valence-corrected chi connectivity index (χ0v) is 17.2. The Labute approximate surface area is 178 Å². The number of amides is 1. The van der Waals surface area contributed by atoms with Gasteiger partial charge >= 0.3 is 0 Å². The number of benzene rings is 3. The van der Waals surface area contributed by atoms with Crippen LogP contribution in [0.1, 0.15) is 17.2 Å². The van der Waals surface area contributed by atoms with Crippen molar-refractivity contribution in [3.8, 4) is 11.4 Å². The summed E-state index contributed by atoms with van der Waals surface area (Å²) in [6, 6.07) is 17.5. The molecule has 5 rings (SSSR count). The van der Waals surface area contributed by atoms with Crippen LogP contribution in [0, 0.1) is 6.92 Å². The third-order valence-corrected chi connectivity index (χ3v) is 5.93. The van der Waals surface area contributed by atoms with E-state index >= 15 is 0 Å². The maximum Gasteiger partial charge on any atom is 0.248 e. The second-order valence-corrected chi connectivity index (χ2v) is 7.82. The van der Waals surface area contributed by atoms with Gasteiger partial charge in [0.25, 0.3) is 0 Å². The molecule has 150 valence electrons. The van der Waals surface area contributed by atoms with Crippen LogP contribution in [0.5, 0.6) is 5.75 Å². The summed E-state index contributed by atoms with van der Waals surface area (Å²) in [7, 11) is 1.61. The largest absolute Gasteiger partial charge is 0.497 e.